The lowest BCUT2D eigenvalue weighted by Gasteiger charge is -2.46. The van der Waals surface area contributed by atoms with Gasteiger partial charge in [-0.3, -0.25) is 9.59 Å². The number of rotatable bonds is 10. The molecule has 3 aliphatic heterocycles. The van der Waals surface area contributed by atoms with E-state index in [1.165, 1.54) is 22.3 Å². The van der Waals surface area contributed by atoms with E-state index in [1.807, 2.05) is 10.7 Å². The quantitative estimate of drug-likeness (QED) is 0.313. The third kappa shape index (κ3) is 6.39. The smallest absolute Gasteiger partial charge is 0.229 e. The van der Waals surface area contributed by atoms with E-state index in [0.717, 1.165) is 51.3 Å². The first-order valence-electron chi connectivity index (χ1n) is 12.1. The lowest BCUT2D eigenvalue weighted by atomic mass is 9.75. The summed E-state index contributed by atoms with van der Waals surface area (Å²) in [7, 11) is 2.18. The topological polar surface area (TPSA) is 97.8 Å². The van der Waals surface area contributed by atoms with Crippen molar-refractivity contribution in [2.24, 2.45) is 11.8 Å². The summed E-state index contributed by atoms with van der Waals surface area (Å²) in [6, 6.07) is 11.0. The number of hydrogen-bond acceptors (Lipinski definition) is 4. The fourth-order valence-electron chi connectivity index (χ4n) is 5.42. The molecule has 0 radical (unpaired) electrons. The number of fused-ring (bicyclic) bond motifs is 3. The molecule has 9 nitrogen and oxygen atoms in total. The van der Waals surface area contributed by atoms with Crippen molar-refractivity contribution < 1.29 is 19.4 Å². The average Bonchev–Trinajstić information content (AvgIpc) is 3.24. The summed E-state index contributed by atoms with van der Waals surface area (Å²) in [5, 5.41) is 14.5. The van der Waals surface area contributed by atoms with Crippen LogP contribution in [0.2, 0.25) is 0 Å². The minimum Gasteiger partial charge on any atom is -0.355 e. The summed E-state index contributed by atoms with van der Waals surface area (Å²) in [5.41, 5.74) is 2.34. The van der Waals surface area contributed by atoms with Crippen LogP contribution < -0.4 is 20.4 Å². The van der Waals surface area contributed by atoms with Crippen LogP contribution in [0.25, 0.3) is 0 Å². The van der Waals surface area contributed by atoms with Gasteiger partial charge in [0.15, 0.2) is 0 Å². The highest BCUT2D eigenvalue weighted by Crippen LogP contribution is 2.27. The second-order valence-electron chi connectivity index (χ2n) is 9.70. The molecule has 2 bridgehead atoms. The van der Waals surface area contributed by atoms with Crippen LogP contribution in [0.5, 0.6) is 0 Å². The fourth-order valence-corrected chi connectivity index (χ4v) is 5.42. The van der Waals surface area contributed by atoms with Crippen molar-refractivity contribution >= 4 is 11.8 Å². The van der Waals surface area contributed by atoms with Crippen LogP contribution in [0.1, 0.15) is 31.0 Å². The van der Waals surface area contributed by atoms with E-state index in [-0.39, 0.29) is 17.7 Å². The fraction of sp³-hybridized carbons (Fsp3) is 0.583. The van der Waals surface area contributed by atoms with Crippen molar-refractivity contribution in [2.45, 2.75) is 45.4 Å². The van der Waals surface area contributed by atoms with Crippen LogP contribution in [0.15, 0.2) is 36.5 Å². The van der Waals surface area contributed by atoms with Gasteiger partial charge in [-0.2, -0.15) is 0 Å². The van der Waals surface area contributed by atoms with E-state index in [9.17, 15) is 9.59 Å². The highest BCUT2D eigenvalue weighted by atomic mass is 16.2. The Balaban J connectivity index is 1.24. The Morgan fingerprint density at radius 2 is 1.97 bits per heavy atom. The van der Waals surface area contributed by atoms with Gasteiger partial charge in [0.05, 0.1) is 38.8 Å². The lowest BCUT2D eigenvalue weighted by Crippen LogP contribution is -3.20. The van der Waals surface area contributed by atoms with Crippen molar-refractivity contribution in [1.82, 2.24) is 25.6 Å². The summed E-state index contributed by atoms with van der Waals surface area (Å²) < 4.78 is 1.99. The van der Waals surface area contributed by atoms with Crippen LogP contribution in [-0.4, -0.2) is 66.1 Å². The molecule has 178 valence electrons. The van der Waals surface area contributed by atoms with Crippen LogP contribution in [-0.2, 0) is 29.2 Å². The standard InChI is InChI=1S/C24H35N7O2/c1-18(32)25-9-10-26-24(33)23-17-30-11-8-20(23)12-22(30)16-31-15-21(27-28-31)14-29(2)13-19-6-4-3-5-7-19/h3-7,15,20,22-23H,8-14,16-17H2,1-2H3,(H,25,32)(H,26,33)/p+2/t20-,22+,23-/m0/s1. The van der Waals surface area contributed by atoms with E-state index in [0.29, 0.717) is 25.0 Å². The molecule has 5 atom stereocenters. The van der Waals surface area contributed by atoms with Gasteiger partial charge in [0.2, 0.25) is 11.8 Å². The molecule has 4 heterocycles. The maximum atomic E-state index is 12.7. The molecular weight excluding hydrogens is 418 g/mol. The zero-order chi connectivity index (χ0) is 23.2. The highest BCUT2D eigenvalue weighted by Gasteiger charge is 2.46. The van der Waals surface area contributed by atoms with Gasteiger partial charge in [-0.1, -0.05) is 35.5 Å². The Morgan fingerprint density at radius 1 is 1.18 bits per heavy atom. The Kier molecular flexibility index (Phi) is 7.72. The van der Waals surface area contributed by atoms with Gasteiger partial charge in [-0.25, -0.2) is 4.68 Å². The molecule has 3 saturated heterocycles. The summed E-state index contributed by atoms with van der Waals surface area (Å²) >= 11 is 0. The van der Waals surface area contributed by atoms with Crippen LogP contribution in [0, 0.1) is 11.8 Å². The average molecular weight is 456 g/mol. The Labute approximate surface area is 195 Å². The molecule has 5 rings (SSSR count). The number of piperidine rings is 3. The van der Waals surface area contributed by atoms with Crippen LogP contribution in [0.4, 0.5) is 0 Å². The first-order valence-corrected chi connectivity index (χ1v) is 12.1. The highest BCUT2D eigenvalue weighted by molar-refractivity contribution is 5.79. The molecule has 9 heteroatoms. The molecule has 4 N–H and O–H groups in total. The molecule has 2 unspecified atom stereocenters. The van der Waals surface area contributed by atoms with E-state index in [1.54, 1.807) is 0 Å². The molecule has 0 spiro atoms. The predicted molar refractivity (Wildman–Crippen MR) is 123 cm³/mol. The number of quaternary nitrogens is 2. The van der Waals surface area contributed by atoms with Gasteiger partial charge in [0.1, 0.15) is 24.8 Å². The van der Waals surface area contributed by atoms with E-state index in [2.05, 4.69) is 58.5 Å². The number of nitrogens with zero attached hydrogens (tertiary/aromatic N) is 3. The monoisotopic (exact) mass is 455 g/mol. The molecule has 0 saturated carbocycles. The third-order valence-electron chi connectivity index (χ3n) is 7.01. The number of benzene rings is 1. The van der Waals surface area contributed by atoms with Gasteiger partial charge in [-0.15, -0.1) is 5.10 Å². The number of amides is 2. The minimum absolute atomic E-state index is 0.0696. The summed E-state index contributed by atoms with van der Waals surface area (Å²) in [6.45, 7) is 7.12. The van der Waals surface area contributed by atoms with Gasteiger partial charge in [0.25, 0.3) is 0 Å². The molecule has 1 aromatic heterocycles. The van der Waals surface area contributed by atoms with E-state index >= 15 is 0 Å². The number of carbonyl (C=O) groups excluding carboxylic acids is 2. The van der Waals surface area contributed by atoms with Crippen LogP contribution in [0.3, 0.4) is 0 Å². The van der Waals surface area contributed by atoms with Gasteiger partial charge in [0, 0.05) is 38.4 Å². The lowest BCUT2D eigenvalue weighted by molar-refractivity contribution is -0.945. The second kappa shape index (κ2) is 10.9. The summed E-state index contributed by atoms with van der Waals surface area (Å²) in [4.78, 5) is 26.5. The van der Waals surface area contributed by atoms with Crippen molar-refractivity contribution in [2.75, 3.05) is 33.2 Å². The molecule has 0 aliphatic carbocycles. The number of aromatic nitrogens is 3. The van der Waals surface area contributed by atoms with Crippen LogP contribution >= 0.6 is 0 Å². The minimum atomic E-state index is -0.0696. The molecule has 1 aromatic carbocycles. The summed E-state index contributed by atoms with van der Waals surface area (Å²) in [6.07, 6.45) is 4.24. The van der Waals surface area contributed by atoms with Gasteiger partial charge < -0.3 is 20.4 Å². The molecule has 2 aromatic rings. The van der Waals surface area contributed by atoms with Gasteiger partial charge >= 0.3 is 0 Å². The molecule has 3 fully saturated rings. The Morgan fingerprint density at radius 3 is 2.70 bits per heavy atom. The van der Waals surface area contributed by atoms with Crippen molar-refractivity contribution in [1.29, 1.82) is 0 Å². The zero-order valence-corrected chi connectivity index (χ0v) is 19.7. The SMILES string of the molecule is CC(=O)NCCNC(=O)[C@H]1C[NH+]2CC[C@H]1C[C@@H]2Cn1cc(C[NH+](C)Cc2ccccc2)nn1. The maximum absolute atomic E-state index is 12.7. The van der Waals surface area contributed by atoms with E-state index < -0.39 is 0 Å². The maximum Gasteiger partial charge on any atom is 0.229 e. The third-order valence-corrected chi connectivity index (χ3v) is 7.01. The largest absolute Gasteiger partial charge is 0.355 e. The first-order chi connectivity index (χ1) is 16.0. The van der Waals surface area contributed by atoms with E-state index in [4.69, 9.17) is 0 Å². The Hall–Kier alpha value is -2.78. The van der Waals surface area contributed by atoms with Crippen molar-refractivity contribution in [3.63, 3.8) is 0 Å². The van der Waals surface area contributed by atoms with Gasteiger partial charge in [-0.05, 0) is 5.92 Å². The number of carbonyl (C=O) groups is 2. The second-order valence-corrected chi connectivity index (χ2v) is 9.70. The molecule has 3 aliphatic rings. The normalized spacial score (nSPS) is 24.9. The predicted octanol–water partition coefficient (Wildman–Crippen LogP) is -1.96. The molecule has 2 amide bonds. The first kappa shape index (κ1) is 23.4. The Bertz CT molecular complexity index is 932. The molecule has 33 heavy (non-hydrogen) atoms. The number of nitrogens with one attached hydrogen (secondary N) is 4. The van der Waals surface area contributed by atoms with Crippen molar-refractivity contribution in [3.05, 3.63) is 47.8 Å². The number of hydrogen-bond donors (Lipinski definition) is 4. The summed E-state index contributed by atoms with van der Waals surface area (Å²) in [5.74, 6) is 0.565. The molecular formula is C24H37N7O2+2. The van der Waals surface area contributed by atoms with Crippen molar-refractivity contribution in [3.8, 4) is 0 Å². The zero-order valence-electron chi connectivity index (χ0n) is 19.7.